The van der Waals surface area contributed by atoms with Crippen molar-refractivity contribution < 1.29 is 18.7 Å². The van der Waals surface area contributed by atoms with Gasteiger partial charge in [0.2, 0.25) is 0 Å². The van der Waals surface area contributed by atoms with Crippen molar-refractivity contribution in [3.8, 4) is 0 Å². The van der Waals surface area contributed by atoms with Crippen molar-refractivity contribution in [3.05, 3.63) is 0 Å². The number of aliphatic hydroxyl groups is 1. The molecule has 4 nitrogen and oxygen atoms in total. The van der Waals surface area contributed by atoms with Crippen molar-refractivity contribution in [1.29, 1.82) is 0 Å². The number of halogens is 2. The van der Waals surface area contributed by atoms with Gasteiger partial charge in [-0.3, -0.25) is 4.79 Å². The van der Waals surface area contributed by atoms with Crippen LogP contribution in [0.4, 0.5) is 8.78 Å². The maximum atomic E-state index is 13.5. The summed E-state index contributed by atoms with van der Waals surface area (Å²) in [4.78, 5) is 12.5. The van der Waals surface area contributed by atoms with Crippen LogP contribution in [0.15, 0.2) is 0 Å². The number of alkyl halides is 2. The van der Waals surface area contributed by atoms with Crippen molar-refractivity contribution in [1.82, 2.24) is 10.2 Å². The predicted octanol–water partition coefficient (Wildman–Crippen LogP) is -0.423. The van der Waals surface area contributed by atoms with Crippen LogP contribution in [0.25, 0.3) is 0 Å². The number of carbonyl (C=O) groups excluding carboxylic acids is 1. The van der Waals surface area contributed by atoms with Gasteiger partial charge in [-0.2, -0.15) is 0 Å². The Bertz CT molecular complexity index is 273. The molecule has 0 unspecified atom stereocenters. The number of rotatable bonds is 1. The molecule has 6 heteroatoms. The summed E-state index contributed by atoms with van der Waals surface area (Å²) in [5.74, 6) is -3.44. The Labute approximate surface area is 86.2 Å². The first-order chi connectivity index (χ1) is 7.02. The second kappa shape index (κ2) is 3.68. The molecule has 2 fully saturated rings. The third-order valence-corrected chi connectivity index (χ3v) is 3.03. The SMILES string of the molecule is O=C1[C@H](O)CCN1[C@@H]1CCNCC1(F)F. The summed E-state index contributed by atoms with van der Waals surface area (Å²) in [7, 11) is 0. The summed E-state index contributed by atoms with van der Waals surface area (Å²) in [6.45, 7) is 0.331. The number of piperidine rings is 1. The number of carbonyl (C=O) groups is 1. The molecule has 0 aromatic rings. The van der Waals surface area contributed by atoms with Crippen LogP contribution in [0.1, 0.15) is 12.8 Å². The molecule has 2 saturated heterocycles. The summed E-state index contributed by atoms with van der Waals surface area (Å²) >= 11 is 0. The van der Waals surface area contributed by atoms with Gasteiger partial charge in [-0.05, 0) is 19.4 Å². The van der Waals surface area contributed by atoms with Crippen LogP contribution < -0.4 is 5.32 Å². The topological polar surface area (TPSA) is 52.6 Å². The van der Waals surface area contributed by atoms with E-state index >= 15 is 0 Å². The quantitative estimate of drug-likeness (QED) is 0.631. The Morgan fingerprint density at radius 2 is 2.20 bits per heavy atom. The second-order valence-electron chi connectivity index (χ2n) is 4.08. The summed E-state index contributed by atoms with van der Waals surface area (Å²) in [6.07, 6.45) is -0.583. The number of nitrogens with one attached hydrogen (secondary N) is 1. The first-order valence-electron chi connectivity index (χ1n) is 5.09. The first-order valence-corrected chi connectivity index (χ1v) is 5.09. The molecule has 0 aliphatic carbocycles. The van der Waals surface area contributed by atoms with Gasteiger partial charge in [0.1, 0.15) is 6.10 Å². The molecule has 2 aliphatic rings. The molecule has 15 heavy (non-hydrogen) atoms. The van der Waals surface area contributed by atoms with E-state index in [1.165, 1.54) is 0 Å². The Morgan fingerprint density at radius 1 is 1.47 bits per heavy atom. The minimum Gasteiger partial charge on any atom is -0.383 e. The molecule has 0 aromatic heterocycles. The van der Waals surface area contributed by atoms with Gasteiger partial charge in [0.05, 0.1) is 12.6 Å². The van der Waals surface area contributed by atoms with Gasteiger partial charge < -0.3 is 15.3 Å². The minimum atomic E-state index is -2.89. The van der Waals surface area contributed by atoms with Crippen LogP contribution in [0.5, 0.6) is 0 Å². The van der Waals surface area contributed by atoms with Crippen molar-refractivity contribution >= 4 is 5.91 Å². The lowest BCUT2D eigenvalue weighted by Crippen LogP contribution is -2.58. The molecule has 1 amide bonds. The van der Waals surface area contributed by atoms with Crippen LogP contribution in [-0.2, 0) is 4.79 Å². The van der Waals surface area contributed by atoms with E-state index in [2.05, 4.69) is 5.32 Å². The van der Waals surface area contributed by atoms with Crippen molar-refractivity contribution in [2.24, 2.45) is 0 Å². The van der Waals surface area contributed by atoms with E-state index in [-0.39, 0.29) is 19.4 Å². The highest BCUT2D eigenvalue weighted by atomic mass is 19.3. The number of likely N-dealkylation sites (tertiary alicyclic amines) is 1. The highest BCUT2D eigenvalue weighted by Crippen LogP contribution is 2.30. The van der Waals surface area contributed by atoms with Gasteiger partial charge in [0, 0.05) is 6.54 Å². The molecule has 2 N–H and O–H groups in total. The van der Waals surface area contributed by atoms with Crippen LogP contribution in [0, 0.1) is 0 Å². The minimum absolute atomic E-state index is 0.236. The fourth-order valence-corrected chi connectivity index (χ4v) is 2.20. The van der Waals surface area contributed by atoms with Gasteiger partial charge in [0.25, 0.3) is 11.8 Å². The average Bonchev–Trinajstić information content (AvgIpc) is 2.48. The van der Waals surface area contributed by atoms with Gasteiger partial charge >= 0.3 is 0 Å². The molecule has 0 saturated carbocycles. The smallest absolute Gasteiger partial charge is 0.280 e. The fourth-order valence-electron chi connectivity index (χ4n) is 2.20. The average molecular weight is 220 g/mol. The molecular formula is C9H14F2N2O2. The number of amides is 1. The molecule has 86 valence electrons. The van der Waals surface area contributed by atoms with E-state index < -0.39 is 30.5 Å². The highest BCUT2D eigenvalue weighted by molar-refractivity contribution is 5.83. The zero-order valence-electron chi connectivity index (χ0n) is 8.25. The number of nitrogens with zero attached hydrogens (tertiary/aromatic N) is 1. The van der Waals surface area contributed by atoms with Gasteiger partial charge in [-0.15, -0.1) is 0 Å². The Hall–Kier alpha value is -0.750. The predicted molar refractivity (Wildman–Crippen MR) is 48.6 cm³/mol. The third kappa shape index (κ3) is 1.83. The summed E-state index contributed by atoms with van der Waals surface area (Å²) in [5, 5.41) is 11.8. The second-order valence-corrected chi connectivity index (χ2v) is 4.08. The van der Waals surface area contributed by atoms with Crippen LogP contribution in [0.2, 0.25) is 0 Å². The lowest BCUT2D eigenvalue weighted by molar-refractivity contribution is -0.148. The molecule has 0 radical (unpaired) electrons. The lowest BCUT2D eigenvalue weighted by atomic mass is 10.0. The van der Waals surface area contributed by atoms with Crippen molar-refractivity contribution in [2.45, 2.75) is 30.9 Å². The van der Waals surface area contributed by atoms with Crippen molar-refractivity contribution in [3.63, 3.8) is 0 Å². The Morgan fingerprint density at radius 3 is 2.73 bits per heavy atom. The maximum absolute atomic E-state index is 13.5. The van der Waals surface area contributed by atoms with Gasteiger partial charge in [-0.25, -0.2) is 8.78 Å². The molecule has 0 aromatic carbocycles. The van der Waals surface area contributed by atoms with Crippen LogP contribution >= 0.6 is 0 Å². The molecule has 0 spiro atoms. The molecule has 2 rings (SSSR count). The fraction of sp³-hybridized carbons (Fsp3) is 0.889. The zero-order valence-corrected chi connectivity index (χ0v) is 8.25. The largest absolute Gasteiger partial charge is 0.383 e. The highest BCUT2D eigenvalue weighted by Gasteiger charge is 2.49. The number of hydrogen-bond acceptors (Lipinski definition) is 3. The number of hydrogen-bond donors (Lipinski definition) is 2. The molecule has 0 bridgehead atoms. The van der Waals surface area contributed by atoms with E-state index in [0.717, 1.165) is 4.90 Å². The van der Waals surface area contributed by atoms with E-state index in [1.807, 2.05) is 0 Å². The molecule has 2 atom stereocenters. The lowest BCUT2D eigenvalue weighted by Gasteiger charge is -2.37. The van der Waals surface area contributed by atoms with Crippen molar-refractivity contribution in [2.75, 3.05) is 19.6 Å². The van der Waals surface area contributed by atoms with E-state index in [9.17, 15) is 18.7 Å². The Balaban J connectivity index is 2.12. The van der Waals surface area contributed by atoms with Gasteiger partial charge in [-0.1, -0.05) is 0 Å². The Kier molecular flexibility index (Phi) is 2.64. The van der Waals surface area contributed by atoms with Crippen LogP contribution in [-0.4, -0.2) is 53.6 Å². The van der Waals surface area contributed by atoms with Gasteiger partial charge in [0.15, 0.2) is 0 Å². The van der Waals surface area contributed by atoms with E-state index in [0.29, 0.717) is 6.54 Å². The summed E-state index contributed by atoms with van der Waals surface area (Å²) in [6, 6.07) is -1.05. The van der Waals surface area contributed by atoms with E-state index in [1.54, 1.807) is 0 Å². The van der Waals surface area contributed by atoms with E-state index in [4.69, 9.17) is 0 Å². The summed E-state index contributed by atoms with van der Waals surface area (Å²) in [5.41, 5.74) is 0. The normalized spacial score (nSPS) is 35.9. The monoisotopic (exact) mass is 220 g/mol. The number of aliphatic hydroxyl groups excluding tert-OH is 1. The zero-order chi connectivity index (χ0) is 11.1. The van der Waals surface area contributed by atoms with Crippen LogP contribution in [0.3, 0.4) is 0 Å². The first kappa shape index (κ1) is 10.8. The summed E-state index contributed by atoms with van der Waals surface area (Å²) < 4.78 is 27.0. The third-order valence-electron chi connectivity index (χ3n) is 3.03. The molecule has 2 heterocycles. The molecular weight excluding hydrogens is 206 g/mol. The standard InChI is InChI=1S/C9H14F2N2O2/c10-9(11)5-12-3-1-7(9)13-4-2-6(14)8(13)15/h6-7,12,14H,1-5H2/t6-,7-/m1/s1. The molecule has 2 aliphatic heterocycles. The maximum Gasteiger partial charge on any atom is 0.280 e.